The number of rotatable bonds is 6. The Balaban J connectivity index is 1.53. The van der Waals surface area contributed by atoms with E-state index in [2.05, 4.69) is 5.10 Å². The van der Waals surface area contributed by atoms with Gasteiger partial charge < -0.3 is 5.73 Å². The number of halogens is 3. The van der Waals surface area contributed by atoms with Crippen molar-refractivity contribution < 1.29 is 13.6 Å². The SMILES string of the molecule is NC[C@@H](CC(=O)c1cc2c(s1)CCCn1ncc(Cl)c1-2)Cc1ccc(F)c(F)c1. The molecule has 3 aromatic rings. The van der Waals surface area contributed by atoms with E-state index in [-0.39, 0.29) is 24.7 Å². The van der Waals surface area contributed by atoms with E-state index >= 15 is 0 Å². The van der Waals surface area contributed by atoms with Crippen LogP contribution < -0.4 is 5.73 Å². The van der Waals surface area contributed by atoms with Crippen molar-refractivity contribution in [2.45, 2.75) is 32.2 Å². The summed E-state index contributed by atoms with van der Waals surface area (Å²) in [6.07, 6.45) is 4.12. The summed E-state index contributed by atoms with van der Waals surface area (Å²) < 4.78 is 28.5. The lowest BCUT2D eigenvalue weighted by Crippen LogP contribution is -2.20. The van der Waals surface area contributed by atoms with Gasteiger partial charge in [0, 0.05) is 23.4 Å². The van der Waals surface area contributed by atoms with Crippen LogP contribution in [0.25, 0.3) is 11.3 Å². The number of hydrogen-bond donors (Lipinski definition) is 1. The number of benzene rings is 1. The number of thiophene rings is 1. The molecule has 29 heavy (non-hydrogen) atoms. The third kappa shape index (κ3) is 4.13. The van der Waals surface area contributed by atoms with Crippen LogP contribution in [0.4, 0.5) is 8.78 Å². The second-order valence-corrected chi connectivity index (χ2v) is 8.84. The highest BCUT2D eigenvalue weighted by atomic mass is 35.5. The van der Waals surface area contributed by atoms with Crippen LogP contribution in [0.3, 0.4) is 0 Å². The number of nitrogens with two attached hydrogens (primary N) is 1. The number of ketones is 1. The maximum atomic E-state index is 13.5. The highest BCUT2D eigenvalue weighted by molar-refractivity contribution is 7.14. The third-order valence-electron chi connectivity index (χ3n) is 5.22. The summed E-state index contributed by atoms with van der Waals surface area (Å²) >= 11 is 7.83. The van der Waals surface area contributed by atoms with Crippen LogP contribution >= 0.6 is 22.9 Å². The van der Waals surface area contributed by atoms with E-state index < -0.39 is 11.6 Å². The van der Waals surface area contributed by atoms with Crippen LogP contribution in [0.15, 0.2) is 30.5 Å². The lowest BCUT2D eigenvalue weighted by atomic mass is 9.93. The first-order chi connectivity index (χ1) is 14.0. The Morgan fingerprint density at radius 2 is 2.14 bits per heavy atom. The Bertz CT molecular complexity index is 1060. The lowest BCUT2D eigenvalue weighted by molar-refractivity contribution is 0.0966. The molecule has 152 valence electrons. The molecular weight excluding hydrogens is 416 g/mol. The summed E-state index contributed by atoms with van der Waals surface area (Å²) in [5.74, 6) is -1.92. The minimum atomic E-state index is -0.889. The molecule has 1 aliphatic heterocycles. The van der Waals surface area contributed by atoms with Gasteiger partial charge in [-0.2, -0.15) is 5.10 Å². The molecule has 4 rings (SSSR count). The van der Waals surface area contributed by atoms with Gasteiger partial charge in [0.15, 0.2) is 17.4 Å². The number of hydrogen-bond acceptors (Lipinski definition) is 4. The summed E-state index contributed by atoms with van der Waals surface area (Å²) in [6.45, 7) is 1.09. The van der Waals surface area contributed by atoms with Crippen molar-refractivity contribution in [2.24, 2.45) is 11.7 Å². The Hall–Kier alpha value is -2.09. The van der Waals surface area contributed by atoms with Crippen LogP contribution in [-0.4, -0.2) is 22.1 Å². The van der Waals surface area contributed by atoms with Gasteiger partial charge in [-0.15, -0.1) is 11.3 Å². The fourth-order valence-electron chi connectivity index (χ4n) is 3.74. The van der Waals surface area contributed by atoms with Crippen molar-refractivity contribution in [3.63, 3.8) is 0 Å². The summed E-state index contributed by atoms with van der Waals surface area (Å²) in [4.78, 5) is 14.7. The molecule has 0 fully saturated rings. The average molecular weight is 436 g/mol. The highest BCUT2D eigenvalue weighted by Crippen LogP contribution is 2.39. The summed E-state index contributed by atoms with van der Waals surface area (Å²) in [5, 5.41) is 4.91. The number of nitrogens with zero attached hydrogens (tertiary/aromatic N) is 2. The molecule has 0 saturated heterocycles. The fraction of sp³-hybridized carbons (Fsp3) is 0.333. The van der Waals surface area contributed by atoms with E-state index in [0.717, 1.165) is 41.6 Å². The molecule has 8 heteroatoms. The second-order valence-electron chi connectivity index (χ2n) is 7.30. The zero-order valence-corrected chi connectivity index (χ0v) is 17.2. The van der Waals surface area contributed by atoms with Gasteiger partial charge in [0.25, 0.3) is 0 Å². The average Bonchev–Trinajstić information content (AvgIpc) is 3.23. The number of aryl methyl sites for hydroxylation is 2. The standard InChI is InChI=1S/C21H20ClF2N3OS/c22-15-11-26-27-5-1-2-19-14(21(15)27)9-20(29-19)18(28)8-13(10-25)6-12-3-4-16(23)17(24)7-12/h3-4,7,9,11,13H,1-2,5-6,8,10,25H2/t13-/m1/s1. The lowest BCUT2D eigenvalue weighted by Gasteiger charge is -2.13. The van der Waals surface area contributed by atoms with Crippen LogP contribution in [-0.2, 0) is 19.4 Å². The van der Waals surface area contributed by atoms with Gasteiger partial charge in [-0.3, -0.25) is 9.48 Å². The Morgan fingerprint density at radius 3 is 2.90 bits per heavy atom. The van der Waals surface area contributed by atoms with Crippen molar-refractivity contribution in [1.29, 1.82) is 0 Å². The van der Waals surface area contributed by atoms with E-state index in [1.165, 1.54) is 23.5 Å². The minimum absolute atomic E-state index is 0.00305. The molecule has 0 radical (unpaired) electrons. The monoisotopic (exact) mass is 435 g/mol. The van der Waals surface area contributed by atoms with Gasteiger partial charge in [-0.25, -0.2) is 8.78 Å². The Labute approximate surface area is 176 Å². The zero-order chi connectivity index (χ0) is 20.5. The quantitative estimate of drug-likeness (QED) is 0.561. The van der Waals surface area contributed by atoms with Crippen LogP contribution in [0.2, 0.25) is 5.02 Å². The van der Waals surface area contributed by atoms with Crippen molar-refractivity contribution in [2.75, 3.05) is 6.54 Å². The van der Waals surface area contributed by atoms with E-state index in [1.54, 1.807) is 6.20 Å². The second kappa shape index (κ2) is 8.34. The van der Waals surface area contributed by atoms with Gasteiger partial charge in [0.1, 0.15) is 0 Å². The fourth-order valence-corrected chi connectivity index (χ4v) is 5.14. The van der Waals surface area contributed by atoms with Gasteiger partial charge in [-0.05, 0) is 55.5 Å². The van der Waals surface area contributed by atoms with Crippen molar-refractivity contribution in [1.82, 2.24) is 9.78 Å². The van der Waals surface area contributed by atoms with Crippen molar-refractivity contribution >= 4 is 28.7 Å². The van der Waals surface area contributed by atoms with Gasteiger partial charge in [0.05, 0.1) is 21.8 Å². The zero-order valence-electron chi connectivity index (χ0n) is 15.6. The molecule has 3 heterocycles. The number of Topliss-reactive ketones (excluding diaryl/α,β-unsaturated/α-hetero) is 1. The predicted octanol–water partition coefficient (Wildman–Crippen LogP) is 4.88. The number of carbonyl (C=O) groups is 1. The van der Waals surface area contributed by atoms with E-state index in [1.807, 2.05) is 10.7 Å². The topological polar surface area (TPSA) is 60.9 Å². The van der Waals surface area contributed by atoms with E-state index in [9.17, 15) is 13.6 Å². The molecule has 0 unspecified atom stereocenters. The molecule has 0 aliphatic carbocycles. The Kier molecular flexibility index (Phi) is 5.81. The third-order valence-corrected chi connectivity index (χ3v) is 6.74. The molecule has 1 aromatic carbocycles. The molecule has 0 saturated carbocycles. The minimum Gasteiger partial charge on any atom is -0.330 e. The maximum Gasteiger partial charge on any atom is 0.173 e. The molecule has 1 atom stereocenters. The molecule has 0 bridgehead atoms. The van der Waals surface area contributed by atoms with Crippen LogP contribution in [0, 0.1) is 17.6 Å². The van der Waals surface area contributed by atoms with Gasteiger partial charge >= 0.3 is 0 Å². The first-order valence-corrected chi connectivity index (χ1v) is 10.7. The van der Waals surface area contributed by atoms with Crippen LogP contribution in [0.1, 0.15) is 33.0 Å². The van der Waals surface area contributed by atoms with E-state index in [0.29, 0.717) is 21.9 Å². The molecular formula is C21H20ClF2N3OS. The van der Waals surface area contributed by atoms with E-state index in [4.69, 9.17) is 17.3 Å². The van der Waals surface area contributed by atoms with Crippen molar-refractivity contribution in [3.8, 4) is 11.3 Å². The summed E-state index contributed by atoms with van der Waals surface area (Å²) in [7, 11) is 0. The first-order valence-electron chi connectivity index (χ1n) is 9.48. The molecule has 0 amide bonds. The summed E-state index contributed by atoms with van der Waals surface area (Å²) in [5.41, 5.74) is 8.33. The largest absolute Gasteiger partial charge is 0.330 e. The maximum absolute atomic E-state index is 13.5. The first kappa shape index (κ1) is 20.2. The van der Waals surface area contributed by atoms with Gasteiger partial charge in [0.2, 0.25) is 0 Å². The predicted molar refractivity (Wildman–Crippen MR) is 110 cm³/mol. The molecule has 2 N–H and O–H groups in total. The number of fused-ring (bicyclic) bond motifs is 3. The number of carbonyl (C=O) groups excluding carboxylic acids is 1. The number of aromatic nitrogens is 2. The van der Waals surface area contributed by atoms with Crippen molar-refractivity contribution in [3.05, 3.63) is 62.4 Å². The molecule has 0 spiro atoms. The summed E-state index contributed by atoms with van der Waals surface area (Å²) in [6, 6.07) is 5.70. The Morgan fingerprint density at radius 1 is 1.31 bits per heavy atom. The van der Waals surface area contributed by atoms with Crippen LogP contribution in [0.5, 0.6) is 0 Å². The normalized spacial score (nSPS) is 14.2. The molecule has 4 nitrogen and oxygen atoms in total. The molecule has 1 aliphatic rings. The smallest absolute Gasteiger partial charge is 0.173 e. The molecule has 2 aromatic heterocycles. The highest BCUT2D eigenvalue weighted by Gasteiger charge is 2.24. The van der Waals surface area contributed by atoms with Gasteiger partial charge in [-0.1, -0.05) is 17.7 Å².